The summed E-state index contributed by atoms with van der Waals surface area (Å²) in [4.78, 5) is 0. The molecule has 0 aliphatic carbocycles. The van der Waals surface area contributed by atoms with Crippen molar-refractivity contribution in [2.24, 2.45) is 5.73 Å². The fraction of sp³-hybridized carbons (Fsp3) is 0.294. The van der Waals surface area contributed by atoms with Gasteiger partial charge in [-0.2, -0.15) is 0 Å². The van der Waals surface area contributed by atoms with Crippen molar-refractivity contribution in [1.82, 2.24) is 0 Å². The normalized spacial score (nSPS) is 13.2. The Bertz CT molecular complexity index is 603. The Kier molecular flexibility index (Phi) is 4.64. The number of hydrogen-bond donors (Lipinski definition) is 1. The molecule has 0 bridgehead atoms. The van der Waals surface area contributed by atoms with E-state index in [0.717, 1.165) is 5.56 Å². The van der Waals surface area contributed by atoms with Gasteiger partial charge in [-0.05, 0) is 36.2 Å². The molecule has 21 heavy (non-hydrogen) atoms. The van der Waals surface area contributed by atoms with Crippen LogP contribution in [0.25, 0.3) is 0 Å². The van der Waals surface area contributed by atoms with Crippen molar-refractivity contribution in [3.8, 4) is 0 Å². The summed E-state index contributed by atoms with van der Waals surface area (Å²) < 4.78 is 26.9. The van der Waals surface area contributed by atoms with Crippen LogP contribution in [0.4, 0.5) is 8.78 Å². The zero-order valence-electron chi connectivity index (χ0n) is 12.0. The summed E-state index contributed by atoms with van der Waals surface area (Å²) in [5, 5.41) is 0.375. The molecular weight excluding hydrogens is 292 g/mol. The lowest BCUT2D eigenvalue weighted by molar-refractivity contribution is 0.401. The van der Waals surface area contributed by atoms with E-state index in [-0.39, 0.29) is 17.7 Å². The molecule has 0 saturated carbocycles. The molecule has 0 aliphatic heterocycles. The van der Waals surface area contributed by atoms with Gasteiger partial charge in [0.1, 0.15) is 11.6 Å². The monoisotopic (exact) mass is 309 g/mol. The summed E-state index contributed by atoms with van der Waals surface area (Å²) in [6.45, 7) is 3.92. The first-order valence-corrected chi connectivity index (χ1v) is 7.14. The highest BCUT2D eigenvalue weighted by Gasteiger charge is 2.29. The van der Waals surface area contributed by atoms with Crippen LogP contribution in [0.1, 0.15) is 25.0 Å². The molecule has 0 aliphatic rings. The highest BCUT2D eigenvalue weighted by Crippen LogP contribution is 2.30. The van der Waals surface area contributed by atoms with Gasteiger partial charge in [0.05, 0.1) is 0 Å². The summed E-state index contributed by atoms with van der Waals surface area (Å²) in [7, 11) is 0. The lowest BCUT2D eigenvalue weighted by Gasteiger charge is -2.32. The second-order valence-corrected chi connectivity index (χ2v) is 6.15. The first-order valence-electron chi connectivity index (χ1n) is 6.77. The summed E-state index contributed by atoms with van der Waals surface area (Å²) in [6, 6.07) is 10.5. The summed E-state index contributed by atoms with van der Waals surface area (Å²) >= 11 is 6.05. The second-order valence-electron chi connectivity index (χ2n) is 5.74. The van der Waals surface area contributed by atoms with Crippen molar-refractivity contribution >= 4 is 11.6 Å². The van der Waals surface area contributed by atoms with Gasteiger partial charge in [-0.25, -0.2) is 8.78 Å². The molecule has 2 aromatic carbocycles. The molecule has 0 heterocycles. The van der Waals surface area contributed by atoms with Crippen LogP contribution in [-0.2, 0) is 11.8 Å². The largest absolute Gasteiger partial charge is 0.327 e. The molecule has 2 N–H and O–H groups in total. The van der Waals surface area contributed by atoms with E-state index in [1.165, 1.54) is 18.2 Å². The van der Waals surface area contributed by atoms with E-state index in [0.29, 0.717) is 17.0 Å². The minimum Gasteiger partial charge on any atom is -0.327 e. The van der Waals surface area contributed by atoms with Crippen LogP contribution >= 0.6 is 11.6 Å². The smallest absolute Gasteiger partial charge is 0.127 e. The van der Waals surface area contributed by atoms with E-state index in [4.69, 9.17) is 17.3 Å². The van der Waals surface area contributed by atoms with Crippen molar-refractivity contribution in [2.75, 3.05) is 0 Å². The molecule has 0 spiro atoms. The third-order valence-corrected chi connectivity index (χ3v) is 4.36. The molecule has 2 aromatic rings. The third kappa shape index (κ3) is 3.42. The molecule has 4 heteroatoms. The maximum Gasteiger partial charge on any atom is 0.127 e. The average Bonchev–Trinajstić information content (AvgIpc) is 2.43. The second kappa shape index (κ2) is 6.12. The van der Waals surface area contributed by atoms with E-state index in [1.807, 2.05) is 13.8 Å². The molecule has 1 unspecified atom stereocenters. The predicted molar refractivity (Wildman–Crippen MR) is 82.5 cm³/mol. The number of halogens is 3. The Labute approximate surface area is 128 Å². The Hall–Kier alpha value is -1.45. The molecule has 112 valence electrons. The van der Waals surface area contributed by atoms with E-state index in [9.17, 15) is 8.78 Å². The highest BCUT2D eigenvalue weighted by molar-refractivity contribution is 6.31. The Morgan fingerprint density at radius 1 is 1.10 bits per heavy atom. The summed E-state index contributed by atoms with van der Waals surface area (Å²) in [5.74, 6) is -0.645. The van der Waals surface area contributed by atoms with Crippen molar-refractivity contribution in [3.05, 3.63) is 70.2 Å². The minimum atomic E-state index is -0.431. The molecule has 0 fully saturated rings. The van der Waals surface area contributed by atoms with Gasteiger partial charge in [-0.1, -0.05) is 43.6 Å². The minimum absolute atomic E-state index is 0.291. The molecule has 2 rings (SSSR count). The lowest BCUT2D eigenvalue weighted by Crippen LogP contribution is -2.42. The fourth-order valence-corrected chi connectivity index (χ4v) is 2.54. The maximum absolute atomic E-state index is 13.9. The van der Waals surface area contributed by atoms with Gasteiger partial charge in [-0.15, -0.1) is 0 Å². The molecular formula is C17H18ClF2N. The molecule has 0 radical (unpaired) electrons. The quantitative estimate of drug-likeness (QED) is 0.886. The van der Waals surface area contributed by atoms with Crippen LogP contribution in [0, 0.1) is 11.6 Å². The topological polar surface area (TPSA) is 26.0 Å². The van der Waals surface area contributed by atoms with Gasteiger partial charge < -0.3 is 5.73 Å². The number of nitrogens with two attached hydrogens (primary N) is 1. The third-order valence-electron chi connectivity index (χ3n) is 4.00. The number of rotatable bonds is 4. The van der Waals surface area contributed by atoms with E-state index in [1.54, 1.807) is 24.3 Å². The SMILES string of the molecule is CC(C)(c1ccc(F)cc1)C(N)Cc1c(F)cccc1Cl. The zero-order chi connectivity index (χ0) is 15.6. The number of hydrogen-bond acceptors (Lipinski definition) is 1. The zero-order valence-corrected chi connectivity index (χ0v) is 12.8. The van der Waals surface area contributed by atoms with Crippen LogP contribution in [0.15, 0.2) is 42.5 Å². The maximum atomic E-state index is 13.9. The molecule has 0 aromatic heterocycles. The highest BCUT2D eigenvalue weighted by atomic mass is 35.5. The molecule has 0 amide bonds. The Morgan fingerprint density at radius 2 is 1.71 bits per heavy atom. The van der Waals surface area contributed by atoms with Crippen molar-refractivity contribution < 1.29 is 8.78 Å². The first kappa shape index (κ1) is 15.9. The van der Waals surface area contributed by atoms with E-state index >= 15 is 0 Å². The van der Waals surface area contributed by atoms with Gasteiger partial charge in [0.15, 0.2) is 0 Å². The lowest BCUT2D eigenvalue weighted by atomic mass is 9.76. The van der Waals surface area contributed by atoms with Crippen LogP contribution in [-0.4, -0.2) is 6.04 Å². The van der Waals surface area contributed by atoms with Gasteiger partial charge in [-0.3, -0.25) is 0 Å². The molecule has 0 saturated heterocycles. The van der Waals surface area contributed by atoms with Crippen LogP contribution in [0.3, 0.4) is 0 Å². The summed E-state index contributed by atoms with van der Waals surface area (Å²) in [6.07, 6.45) is 0.315. The van der Waals surface area contributed by atoms with Crippen LogP contribution < -0.4 is 5.73 Å². The fourth-order valence-electron chi connectivity index (χ4n) is 2.30. The van der Waals surface area contributed by atoms with Crippen LogP contribution in [0.5, 0.6) is 0 Å². The van der Waals surface area contributed by atoms with Gasteiger partial charge in [0.2, 0.25) is 0 Å². The molecule has 1 nitrogen and oxygen atoms in total. The van der Waals surface area contributed by atoms with E-state index in [2.05, 4.69) is 0 Å². The molecule has 1 atom stereocenters. The van der Waals surface area contributed by atoms with Gasteiger partial charge in [0.25, 0.3) is 0 Å². The van der Waals surface area contributed by atoms with Gasteiger partial charge in [0, 0.05) is 22.0 Å². The van der Waals surface area contributed by atoms with Crippen LogP contribution in [0.2, 0.25) is 5.02 Å². The Balaban J connectivity index is 2.26. The predicted octanol–water partition coefficient (Wildman–Crippen LogP) is 4.47. The average molecular weight is 310 g/mol. The van der Waals surface area contributed by atoms with Crippen molar-refractivity contribution in [1.29, 1.82) is 0 Å². The van der Waals surface area contributed by atoms with E-state index < -0.39 is 5.41 Å². The summed E-state index contributed by atoms with van der Waals surface area (Å²) in [5.41, 5.74) is 7.17. The Morgan fingerprint density at radius 3 is 2.29 bits per heavy atom. The van der Waals surface area contributed by atoms with Crippen molar-refractivity contribution in [2.45, 2.75) is 31.7 Å². The first-order chi connectivity index (χ1) is 9.82. The number of benzene rings is 2. The van der Waals surface area contributed by atoms with Crippen molar-refractivity contribution in [3.63, 3.8) is 0 Å². The standard InChI is InChI=1S/C17H18ClF2N/c1-17(2,11-6-8-12(19)9-7-11)16(21)10-13-14(18)4-3-5-15(13)20/h3-9,16H,10,21H2,1-2H3. The van der Waals surface area contributed by atoms with Gasteiger partial charge >= 0.3 is 0 Å².